The number of nitrogens with zero attached hydrogens (tertiary/aromatic N) is 1. The van der Waals surface area contributed by atoms with Crippen LogP contribution in [0.4, 0.5) is 0 Å². The molecule has 0 N–H and O–H groups in total. The molecule has 1 saturated carbocycles. The summed E-state index contributed by atoms with van der Waals surface area (Å²) < 4.78 is 6.07. The number of pyridine rings is 1. The van der Waals surface area contributed by atoms with Crippen LogP contribution in [0.5, 0.6) is 0 Å². The normalized spacial score (nSPS) is 24.4. The third-order valence-electron chi connectivity index (χ3n) is 3.14. The van der Waals surface area contributed by atoms with E-state index in [1.807, 2.05) is 0 Å². The van der Waals surface area contributed by atoms with Gasteiger partial charge in [0.15, 0.2) is 0 Å². The molecule has 0 spiro atoms. The van der Waals surface area contributed by atoms with Gasteiger partial charge in [-0.05, 0) is 53.2 Å². The first-order valence-corrected chi connectivity index (χ1v) is 6.77. The number of halogens is 1. The van der Waals surface area contributed by atoms with Gasteiger partial charge in [0, 0.05) is 6.20 Å². The molecule has 2 atom stereocenters. The lowest BCUT2D eigenvalue weighted by Gasteiger charge is -2.26. The lowest BCUT2D eigenvalue weighted by molar-refractivity contribution is 0.0153. The Bertz CT molecular complexity index is 408. The molecule has 2 rings (SSSR count). The summed E-state index contributed by atoms with van der Waals surface area (Å²) in [5.41, 5.74) is 0.505. The van der Waals surface area contributed by atoms with Gasteiger partial charge in [-0.2, -0.15) is 0 Å². The highest BCUT2D eigenvalue weighted by Crippen LogP contribution is 2.27. The van der Waals surface area contributed by atoms with E-state index in [4.69, 9.17) is 4.74 Å². The number of ether oxygens (including phenoxy) is 1. The largest absolute Gasteiger partial charge is 0.459 e. The fourth-order valence-electron chi connectivity index (χ4n) is 2.24. The predicted octanol–water partition coefficient (Wildman–Crippen LogP) is 3.58. The Kier molecular flexibility index (Phi) is 4.15. The highest BCUT2D eigenvalue weighted by molar-refractivity contribution is 9.10. The Morgan fingerprint density at radius 1 is 1.53 bits per heavy atom. The van der Waals surface area contributed by atoms with E-state index in [9.17, 15) is 4.79 Å². The molecule has 1 aromatic rings. The van der Waals surface area contributed by atoms with Crippen molar-refractivity contribution in [2.24, 2.45) is 5.92 Å². The van der Waals surface area contributed by atoms with Crippen molar-refractivity contribution >= 4 is 21.9 Å². The van der Waals surface area contributed by atoms with E-state index in [0.717, 1.165) is 19.3 Å². The second-order valence-corrected chi connectivity index (χ2v) is 5.39. The van der Waals surface area contributed by atoms with Crippen LogP contribution in [-0.2, 0) is 4.74 Å². The maximum absolute atomic E-state index is 11.9. The van der Waals surface area contributed by atoms with E-state index in [0.29, 0.717) is 16.1 Å². The third-order valence-corrected chi connectivity index (χ3v) is 3.77. The minimum absolute atomic E-state index is 0.0679. The van der Waals surface area contributed by atoms with Crippen molar-refractivity contribution in [3.8, 4) is 0 Å². The van der Waals surface area contributed by atoms with E-state index < -0.39 is 0 Å². The summed E-state index contributed by atoms with van der Waals surface area (Å²) in [6.07, 6.45) is 6.05. The van der Waals surface area contributed by atoms with Crippen molar-refractivity contribution < 1.29 is 9.53 Å². The number of esters is 1. The minimum Gasteiger partial charge on any atom is -0.459 e. The SMILES string of the molecule is CC1CCCC(OC(=O)c2cccnc2Br)C1. The van der Waals surface area contributed by atoms with Crippen LogP contribution in [0.25, 0.3) is 0 Å². The summed E-state index contributed by atoms with van der Waals surface area (Å²) in [5.74, 6) is 0.378. The van der Waals surface area contributed by atoms with Gasteiger partial charge in [-0.3, -0.25) is 0 Å². The highest BCUT2D eigenvalue weighted by atomic mass is 79.9. The van der Waals surface area contributed by atoms with Gasteiger partial charge in [-0.25, -0.2) is 9.78 Å². The van der Waals surface area contributed by atoms with Crippen LogP contribution in [0, 0.1) is 5.92 Å². The molecule has 3 nitrogen and oxygen atoms in total. The maximum Gasteiger partial charge on any atom is 0.341 e. The van der Waals surface area contributed by atoms with Gasteiger partial charge in [0.2, 0.25) is 0 Å². The fraction of sp³-hybridized carbons (Fsp3) is 0.538. The standard InChI is InChI=1S/C13H16BrNO2/c1-9-4-2-5-10(8-9)17-13(16)11-6-3-7-15-12(11)14/h3,6-7,9-10H,2,4-5,8H2,1H3. The predicted molar refractivity (Wildman–Crippen MR) is 68.8 cm³/mol. The van der Waals surface area contributed by atoms with Crippen LogP contribution in [0.2, 0.25) is 0 Å². The number of aromatic nitrogens is 1. The summed E-state index contributed by atoms with van der Waals surface area (Å²) in [5, 5.41) is 0. The molecular weight excluding hydrogens is 282 g/mol. The van der Waals surface area contributed by atoms with Crippen LogP contribution in [0.1, 0.15) is 43.0 Å². The monoisotopic (exact) mass is 297 g/mol. The van der Waals surface area contributed by atoms with Crippen molar-refractivity contribution in [3.05, 3.63) is 28.5 Å². The van der Waals surface area contributed by atoms with E-state index in [2.05, 4.69) is 27.8 Å². The van der Waals surface area contributed by atoms with Crippen molar-refractivity contribution in [1.82, 2.24) is 4.98 Å². The van der Waals surface area contributed by atoms with Crippen molar-refractivity contribution in [2.75, 3.05) is 0 Å². The highest BCUT2D eigenvalue weighted by Gasteiger charge is 2.23. The molecule has 0 saturated heterocycles. The van der Waals surface area contributed by atoms with Crippen LogP contribution in [-0.4, -0.2) is 17.1 Å². The van der Waals surface area contributed by atoms with Gasteiger partial charge in [-0.1, -0.05) is 13.3 Å². The Morgan fingerprint density at radius 3 is 3.06 bits per heavy atom. The second kappa shape index (κ2) is 5.63. The molecule has 0 aliphatic heterocycles. The van der Waals surface area contributed by atoms with E-state index in [1.54, 1.807) is 18.3 Å². The summed E-state index contributed by atoms with van der Waals surface area (Å²) in [4.78, 5) is 16.0. The molecule has 1 aliphatic carbocycles. The molecule has 1 heterocycles. The Balaban J connectivity index is 1.99. The molecule has 1 aliphatic rings. The molecule has 0 radical (unpaired) electrons. The van der Waals surface area contributed by atoms with Crippen LogP contribution in [0.15, 0.2) is 22.9 Å². The van der Waals surface area contributed by atoms with Crippen molar-refractivity contribution in [1.29, 1.82) is 0 Å². The first kappa shape index (κ1) is 12.6. The van der Waals surface area contributed by atoms with Crippen LogP contribution in [0.3, 0.4) is 0 Å². The number of hydrogen-bond donors (Lipinski definition) is 0. The molecule has 17 heavy (non-hydrogen) atoms. The minimum atomic E-state index is -0.274. The molecule has 1 fully saturated rings. The maximum atomic E-state index is 11.9. The molecule has 4 heteroatoms. The number of hydrogen-bond acceptors (Lipinski definition) is 3. The summed E-state index contributed by atoms with van der Waals surface area (Å²) in [7, 11) is 0. The zero-order chi connectivity index (χ0) is 12.3. The number of rotatable bonds is 2. The average molecular weight is 298 g/mol. The first-order chi connectivity index (χ1) is 8.16. The quantitative estimate of drug-likeness (QED) is 0.619. The molecular formula is C13H16BrNO2. The third kappa shape index (κ3) is 3.28. The van der Waals surface area contributed by atoms with E-state index >= 15 is 0 Å². The molecule has 0 aromatic carbocycles. The van der Waals surface area contributed by atoms with Gasteiger partial charge in [0.1, 0.15) is 10.7 Å². The Labute approximate surface area is 110 Å². The lowest BCUT2D eigenvalue weighted by Crippen LogP contribution is -2.24. The first-order valence-electron chi connectivity index (χ1n) is 5.98. The zero-order valence-electron chi connectivity index (χ0n) is 9.86. The average Bonchev–Trinajstić information content (AvgIpc) is 2.29. The molecule has 0 bridgehead atoms. The van der Waals surface area contributed by atoms with Crippen LogP contribution < -0.4 is 0 Å². The van der Waals surface area contributed by atoms with Gasteiger partial charge < -0.3 is 4.74 Å². The van der Waals surface area contributed by atoms with Gasteiger partial charge in [0.25, 0.3) is 0 Å². The van der Waals surface area contributed by atoms with Gasteiger partial charge >= 0.3 is 5.97 Å². The zero-order valence-corrected chi connectivity index (χ0v) is 11.4. The fourth-order valence-corrected chi connectivity index (χ4v) is 2.65. The van der Waals surface area contributed by atoms with Crippen LogP contribution >= 0.6 is 15.9 Å². The van der Waals surface area contributed by atoms with Gasteiger partial charge in [-0.15, -0.1) is 0 Å². The molecule has 1 aromatic heterocycles. The summed E-state index contributed by atoms with van der Waals surface area (Å²) in [6, 6.07) is 3.47. The Hall–Kier alpha value is -0.900. The lowest BCUT2D eigenvalue weighted by atomic mass is 9.89. The van der Waals surface area contributed by atoms with Gasteiger partial charge in [0.05, 0.1) is 5.56 Å². The van der Waals surface area contributed by atoms with E-state index in [-0.39, 0.29) is 12.1 Å². The molecule has 92 valence electrons. The summed E-state index contributed by atoms with van der Waals surface area (Å²) in [6.45, 7) is 2.21. The smallest absolute Gasteiger partial charge is 0.341 e. The van der Waals surface area contributed by atoms with E-state index in [1.165, 1.54) is 6.42 Å². The Morgan fingerprint density at radius 2 is 2.35 bits per heavy atom. The summed E-state index contributed by atoms with van der Waals surface area (Å²) >= 11 is 3.26. The van der Waals surface area contributed by atoms with Crippen molar-refractivity contribution in [3.63, 3.8) is 0 Å². The molecule has 2 unspecified atom stereocenters. The second-order valence-electron chi connectivity index (χ2n) is 4.64. The topological polar surface area (TPSA) is 39.2 Å². The molecule has 0 amide bonds. The van der Waals surface area contributed by atoms with Crippen molar-refractivity contribution in [2.45, 2.75) is 38.7 Å². The number of carbonyl (C=O) groups is 1. The number of carbonyl (C=O) groups excluding carboxylic acids is 1.